The second-order valence-corrected chi connectivity index (χ2v) is 18.2. The SMILES string of the molecule is CC.CCOc1nnc(O[C@@H]2C[C@H]3C(=O)N[C@]4(C(=O)NS(=O)(=O)C5CC5)C[C@H]4/C=C\CC[C@@H](C)C[C@@H](CC)[C@H](NC(=O)OC(C)(C)C(F)(F)F)C(=O)N3C2)c2ccccc12.[HH].[HH].[HH]. The largest absolute Gasteiger partial charge is 0.476 e. The lowest BCUT2D eigenvalue weighted by Crippen LogP contribution is -2.59. The Balaban J connectivity index is 0.00000269. The van der Waals surface area contributed by atoms with Crippen LogP contribution in [0.3, 0.4) is 0 Å². The third kappa shape index (κ3) is 10.3. The van der Waals surface area contributed by atoms with E-state index < -0.39 is 86.4 Å². The predicted molar refractivity (Wildman–Crippen MR) is 221 cm³/mol. The zero-order chi connectivity index (χ0) is 44.2. The molecule has 3 heterocycles. The Morgan fingerprint density at radius 3 is 2.30 bits per heavy atom. The lowest BCUT2D eigenvalue weighted by atomic mass is 9.85. The number of hydrogen-bond donors (Lipinski definition) is 3. The van der Waals surface area contributed by atoms with Crippen molar-refractivity contribution in [3.8, 4) is 11.8 Å². The second kappa shape index (κ2) is 18.5. The average Bonchev–Trinajstić information content (AvgIpc) is 4.12. The van der Waals surface area contributed by atoms with Gasteiger partial charge in [0.25, 0.3) is 5.91 Å². The molecule has 15 nitrogen and oxygen atoms in total. The minimum atomic E-state index is -4.92. The first-order valence-electron chi connectivity index (χ1n) is 20.8. The molecule has 1 aromatic heterocycles. The molecule has 19 heteroatoms. The van der Waals surface area contributed by atoms with Crippen LogP contribution in [0.25, 0.3) is 10.8 Å². The number of nitrogens with one attached hydrogen (secondary N) is 3. The van der Waals surface area contributed by atoms with Gasteiger partial charge in [0.2, 0.25) is 39.2 Å². The van der Waals surface area contributed by atoms with Crippen molar-refractivity contribution in [2.45, 2.75) is 141 Å². The minimum Gasteiger partial charge on any atom is -0.476 e. The number of rotatable bonds is 10. The molecule has 7 atom stereocenters. The minimum absolute atomic E-state index is 0. The summed E-state index contributed by atoms with van der Waals surface area (Å²) in [6, 6.07) is 4.30. The molecule has 3 fully saturated rings. The van der Waals surface area contributed by atoms with Crippen LogP contribution in [0.2, 0.25) is 0 Å². The molecular formula is C41H63F3N6O9S. The fraction of sp³-hybridized carbons (Fsp3) is 0.659. The van der Waals surface area contributed by atoms with Gasteiger partial charge in [0, 0.05) is 16.6 Å². The van der Waals surface area contributed by atoms with Crippen molar-refractivity contribution in [2.24, 2.45) is 17.8 Å². The maximum Gasteiger partial charge on any atom is 0.427 e. The molecule has 4 aliphatic rings. The Labute approximate surface area is 353 Å². The molecule has 60 heavy (non-hydrogen) atoms. The zero-order valence-electron chi connectivity index (χ0n) is 35.1. The summed E-state index contributed by atoms with van der Waals surface area (Å²) in [7, 11) is -3.99. The van der Waals surface area contributed by atoms with Crippen LogP contribution in [0, 0.1) is 17.8 Å². The molecule has 0 spiro atoms. The van der Waals surface area contributed by atoms with Gasteiger partial charge in [0.1, 0.15) is 23.7 Å². The Hall–Kier alpha value is -4.68. The van der Waals surface area contributed by atoms with E-state index in [-0.39, 0.29) is 41.3 Å². The summed E-state index contributed by atoms with van der Waals surface area (Å²) in [6.45, 7) is 11.0. The highest BCUT2D eigenvalue weighted by Gasteiger charge is 2.62. The fourth-order valence-corrected chi connectivity index (χ4v) is 9.07. The highest BCUT2D eigenvalue weighted by molar-refractivity contribution is 7.91. The van der Waals surface area contributed by atoms with Gasteiger partial charge in [0.15, 0.2) is 0 Å². The number of carbonyl (C=O) groups is 4. The first-order chi connectivity index (χ1) is 28.3. The zero-order valence-corrected chi connectivity index (χ0v) is 36.0. The molecule has 338 valence electrons. The first kappa shape index (κ1) is 46.4. The van der Waals surface area contributed by atoms with Gasteiger partial charge in [-0.05, 0) is 83.3 Å². The lowest BCUT2D eigenvalue weighted by molar-refractivity contribution is -0.244. The normalized spacial score (nSPS) is 28.0. The fourth-order valence-electron chi connectivity index (χ4n) is 7.71. The molecule has 0 bridgehead atoms. The van der Waals surface area contributed by atoms with Crippen LogP contribution >= 0.6 is 0 Å². The molecule has 2 aliphatic heterocycles. The van der Waals surface area contributed by atoms with Gasteiger partial charge in [-0.1, -0.05) is 58.4 Å². The predicted octanol–water partition coefficient (Wildman–Crippen LogP) is 6.46. The Bertz CT molecular complexity index is 2060. The molecule has 6 rings (SSSR count). The highest BCUT2D eigenvalue weighted by Crippen LogP contribution is 2.46. The van der Waals surface area contributed by atoms with E-state index in [0.29, 0.717) is 69.8 Å². The van der Waals surface area contributed by atoms with Crippen LogP contribution in [-0.4, -0.2) is 101 Å². The number of nitrogens with zero attached hydrogens (tertiary/aromatic N) is 3. The van der Waals surface area contributed by atoms with Gasteiger partial charge >= 0.3 is 12.3 Å². The summed E-state index contributed by atoms with van der Waals surface area (Å²) >= 11 is 0. The van der Waals surface area contributed by atoms with Crippen molar-refractivity contribution < 1.29 is 59.3 Å². The Kier molecular flexibility index (Phi) is 14.3. The standard InChI is InChI=1S/C39H51F3N6O9S.C2H6.3H2/c1-6-23-18-22(3)12-8-9-13-24-20-38(24,35(51)47-58(53,54)26-16-17-26)44-31(49)29-19-25(56-33-28-15-11-10-14-27(28)32(45-46-33)55-7-2)21-48(29)34(50)30(23)43-36(52)57-37(4,5)39(40,41)42;1-2;;;/h9-11,13-15,22-26,29-30H,6-8,12,16-21H2,1-5H3,(H,43,52)(H,44,49)(H,47,51);1-2H3;3*1H/b13-9-;;;;/t22-,23-,24-,25-,29+,30+,38-;;;;/m1..../s1. The maximum absolute atomic E-state index is 14.9. The number of alkyl carbamates (subject to hydrolysis) is 1. The van der Waals surface area contributed by atoms with Crippen LogP contribution in [0.5, 0.6) is 11.8 Å². The van der Waals surface area contributed by atoms with Gasteiger partial charge in [-0.3, -0.25) is 19.1 Å². The molecular weight excluding hydrogens is 810 g/mol. The van der Waals surface area contributed by atoms with Gasteiger partial charge in [-0.2, -0.15) is 13.2 Å². The van der Waals surface area contributed by atoms with Crippen molar-refractivity contribution in [1.29, 1.82) is 0 Å². The summed E-state index contributed by atoms with van der Waals surface area (Å²) in [6.07, 6.45) is -0.962. The Morgan fingerprint density at radius 1 is 1.03 bits per heavy atom. The van der Waals surface area contributed by atoms with Gasteiger partial charge in [0.05, 0.1) is 29.2 Å². The van der Waals surface area contributed by atoms with E-state index in [1.165, 1.54) is 4.90 Å². The molecule has 2 saturated carbocycles. The lowest BCUT2D eigenvalue weighted by Gasteiger charge is -2.35. The molecule has 1 aromatic carbocycles. The van der Waals surface area contributed by atoms with E-state index in [9.17, 15) is 40.8 Å². The summed E-state index contributed by atoms with van der Waals surface area (Å²) in [5, 5.41) is 14.0. The van der Waals surface area contributed by atoms with E-state index >= 15 is 0 Å². The van der Waals surface area contributed by atoms with Crippen LogP contribution in [0.4, 0.5) is 18.0 Å². The molecule has 0 unspecified atom stereocenters. The van der Waals surface area contributed by atoms with Gasteiger partial charge < -0.3 is 29.7 Å². The molecule has 1 saturated heterocycles. The maximum atomic E-state index is 14.9. The number of amides is 4. The monoisotopic (exact) mass is 872 g/mol. The molecule has 0 radical (unpaired) electrons. The van der Waals surface area contributed by atoms with Gasteiger partial charge in [-0.15, -0.1) is 10.2 Å². The quantitative estimate of drug-likeness (QED) is 0.222. The van der Waals surface area contributed by atoms with Crippen LogP contribution in [0.15, 0.2) is 36.4 Å². The van der Waals surface area contributed by atoms with Crippen molar-refractivity contribution in [3.05, 3.63) is 36.4 Å². The number of alkyl halides is 3. The summed E-state index contributed by atoms with van der Waals surface area (Å²) in [5.74, 6) is -3.26. The van der Waals surface area contributed by atoms with Gasteiger partial charge in [-0.25, -0.2) is 13.2 Å². The molecule has 2 aliphatic carbocycles. The Morgan fingerprint density at radius 2 is 1.68 bits per heavy atom. The number of ether oxygens (including phenoxy) is 3. The van der Waals surface area contributed by atoms with E-state index in [1.54, 1.807) is 44.2 Å². The van der Waals surface area contributed by atoms with E-state index in [1.807, 2.05) is 26.8 Å². The van der Waals surface area contributed by atoms with Crippen LogP contribution in [0.1, 0.15) is 104 Å². The summed E-state index contributed by atoms with van der Waals surface area (Å²) in [5.41, 5.74) is -4.52. The number of carbonyl (C=O) groups excluding carboxylic acids is 4. The molecule has 4 amide bonds. The third-order valence-corrected chi connectivity index (χ3v) is 13.3. The number of halogens is 3. The van der Waals surface area contributed by atoms with Crippen molar-refractivity contribution in [2.75, 3.05) is 13.2 Å². The number of aromatic nitrogens is 2. The number of benzene rings is 1. The average molecular weight is 873 g/mol. The molecule has 3 N–H and O–H groups in total. The van der Waals surface area contributed by atoms with Crippen molar-refractivity contribution in [1.82, 2.24) is 30.5 Å². The third-order valence-electron chi connectivity index (χ3n) is 11.5. The number of fused-ring (bicyclic) bond motifs is 3. The van der Waals surface area contributed by atoms with Crippen LogP contribution < -0.4 is 24.8 Å². The van der Waals surface area contributed by atoms with E-state index in [0.717, 1.165) is 0 Å². The smallest absolute Gasteiger partial charge is 0.427 e. The molecule has 2 aromatic rings. The number of sulfonamides is 1. The number of hydrogen-bond acceptors (Lipinski definition) is 11. The van der Waals surface area contributed by atoms with E-state index in [4.69, 9.17) is 14.2 Å². The van der Waals surface area contributed by atoms with Crippen molar-refractivity contribution >= 4 is 44.6 Å². The second-order valence-electron chi connectivity index (χ2n) is 16.3. The first-order valence-corrected chi connectivity index (χ1v) is 22.3. The topological polar surface area (TPSA) is 195 Å². The van der Waals surface area contributed by atoms with Crippen LogP contribution in [-0.2, 0) is 29.1 Å². The summed E-state index contributed by atoms with van der Waals surface area (Å²) in [4.78, 5) is 57.6. The number of allylic oxidation sites excluding steroid dienone is 1. The van der Waals surface area contributed by atoms with Crippen molar-refractivity contribution in [3.63, 3.8) is 0 Å². The summed E-state index contributed by atoms with van der Waals surface area (Å²) < 4.78 is 86.1. The highest BCUT2D eigenvalue weighted by atomic mass is 32.2. The van der Waals surface area contributed by atoms with E-state index in [2.05, 4.69) is 25.6 Å².